The maximum atomic E-state index is 9.75. The first-order valence-electron chi connectivity index (χ1n) is 5.97. The van der Waals surface area contributed by atoms with Crippen LogP contribution in [-0.4, -0.2) is 7.25 Å². The summed E-state index contributed by atoms with van der Waals surface area (Å²) in [5.41, 5.74) is 5.24. The van der Waals surface area contributed by atoms with Crippen LogP contribution < -0.4 is 4.90 Å². The highest BCUT2D eigenvalue weighted by Crippen LogP contribution is 2.36. The molecule has 0 saturated heterocycles. The van der Waals surface area contributed by atoms with Gasteiger partial charge in [0.05, 0.1) is 6.20 Å². The molecule has 0 saturated carbocycles. The number of halogens is 4. The molecule has 0 aromatic heterocycles. The molecule has 2 aromatic carbocycles. The third-order valence-corrected chi connectivity index (χ3v) is 2.93. The van der Waals surface area contributed by atoms with E-state index in [-0.39, 0.29) is 0 Å². The molecule has 0 aliphatic carbocycles. The second kappa shape index (κ2) is 5.50. The Labute approximate surface area is 114 Å². The highest BCUT2D eigenvalue weighted by molar-refractivity contribution is 6.50. The van der Waals surface area contributed by atoms with Gasteiger partial charge < -0.3 is 17.3 Å². The molecule has 1 heterocycles. The Kier molecular flexibility index (Phi) is 3.95. The molecule has 3 rings (SSSR count). The van der Waals surface area contributed by atoms with Crippen molar-refractivity contribution in [3.8, 4) is 11.1 Å². The summed E-state index contributed by atoms with van der Waals surface area (Å²) in [7, 11) is -6.00. The zero-order valence-corrected chi connectivity index (χ0v) is 10.5. The number of benzene rings is 2. The number of rotatable bonds is 1. The highest BCUT2D eigenvalue weighted by Gasteiger charge is 2.28. The van der Waals surface area contributed by atoms with Crippen molar-refractivity contribution in [3.63, 3.8) is 0 Å². The zero-order chi connectivity index (χ0) is 14.8. The van der Waals surface area contributed by atoms with E-state index in [1.165, 1.54) is 27.4 Å². The smallest absolute Gasteiger partial charge is 0.418 e. The third kappa shape index (κ3) is 3.08. The summed E-state index contributed by atoms with van der Waals surface area (Å²) < 4.78 is 39.0. The van der Waals surface area contributed by atoms with E-state index in [9.17, 15) is 17.3 Å². The van der Waals surface area contributed by atoms with Crippen LogP contribution in [0.2, 0.25) is 0 Å². The van der Waals surface area contributed by atoms with Crippen molar-refractivity contribution in [2.45, 2.75) is 0 Å². The van der Waals surface area contributed by atoms with Crippen molar-refractivity contribution in [1.82, 2.24) is 0 Å². The Morgan fingerprint density at radius 1 is 0.800 bits per heavy atom. The van der Waals surface area contributed by atoms with Crippen molar-refractivity contribution < 1.29 is 22.2 Å². The normalized spacial score (nSPS) is 13.0. The van der Waals surface area contributed by atoms with Gasteiger partial charge in [0, 0.05) is 23.3 Å². The molecule has 1 nitrogen and oxygen atoms in total. The quantitative estimate of drug-likeness (QED) is 0.596. The third-order valence-electron chi connectivity index (χ3n) is 2.93. The van der Waals surface area contributed by atoms with Gasteiger partial charge in [-0.15, -0.1) is 0 Å². The molecule has 2 aromatic rings. The van der Waals surface area contributed by atoms with Crippen LogP contribution in [0, 0.1) is 0 Å². The Balaban J connectivity index is 0.000000257. The van der Waals surface area contributed by atoms with Crippen LogP contribution in [0.25, 0.3) is 11.1 Å². The first-order valence-corrected chi connectivity index (χ1v) is 5.97. The fourth-order valence-electron chi connectivity index (χ4n) is 2.27. The molecule has 6 heteroatoms. The van der Waals surface area contributed by atoms with E-state index in [1.54, 1.807) is 0 Å². The molecule has 0 atom stereocenters. The molecule has 0 radical (unpaired) electrons. The predicted molar refractivity (Wildman–Crippen MR) is 72.5 cm³/mol. The summed E-state index contributed by atoms with van der Waals surface area (Å²) in [6, 6.07) is 17.0. The molecule has 0 unspecified atom stereocenters. The Morgan fingerprint density at radius 3 is 1.50 bits per heavy atom. The van der Waals surface area contributed by atoms with Crippen molar-refractivity contribution in [1.29, 1.82) is 0 Å². The van der Waals surface area contributed by atoms with Crippen LogP contribution in [0.1, 0.15) is 0 Å². The van der Waals surface area contributed by atoms with Crippen LogP contribution >= 0.6 is 0 Å². The lowest BCUT2D eigenvalue weighted by Gasteiger charge is -2.06. The van der Waals surface area contributed by atoms with E-state index in [0.29, 0.717) is 0 Å². The zero-order valence-electron chi connectivity index (χ0n) is 10.5. The van der Waals surface area contributed by atoms with Gasteiger partial charge in [-0.25, -0.2) is 4.90 Å². The fourth-order valence-corrected chi connectivity index (χ4v) is 2.27. The first kappa shape index (κ1) is 14.3. The van der Waals surface area contributed by atoms with E-state index in [2.05, 4.69) is 55.1 Å². The molecule has 1 aliphatic heterocycles. The Hall–Kier alpha value is -2.08. The molecule has 0 amide bonds. The Bertz CT molecular complexity index is 573. The number of fused-ring (bicyclic) bond motifs is 3. The van der Waals surface area contributed by atoms with Gasteiger partial charge in [0.2, 0.25) is 0 Å². The van der Waals surface area contributed by atoms with Crippen molar-refractivity contribution in [2.24, 2.45) is 0 Å². The number of hydrogen-bond acceptors (Lipinski definition) is 0. The summed E-state index contributed by atoms with van der Waals surface area (Å²) in [6.45, 7) is 3.90. The monoisotopic (exact) mass is 281 g/mol. The van der Waals surface area contributed by atoms with E-state index < -0.39 is 7.25 Å². The average molecular weight is 281 g/mol. The molecule has 0 fully saturated rings. The largest absolute Gasteiger partial charge is 0.673 e. The molecular weight excluding hydrogens is 269 g/mol. The number of nitrogens with one attached hydrogen (secondary N) is 1. The van der Waals surface area contributed by atoms with Crippen LogP contribution in [0.15, 0.2) is 61.3 Å². The standard InChI is InChI=1S/C14H11N.BF4/c1-2-15-13-9-5-3-7-11(13)12-8-4-6-10-14(12)15;2-1(3,4)5/h2-10H,1H2;/q;-1/p+1. The van der Waals surface area contributed by atoms with Crippen LogP contribution in [0.4, 0.5) is 28.6 Å². The van der Waals surface area contributed by atoms with Gasteiger partial charge in [-0.1, -0.05) is 24.3 Å². The van der Waals surface area contributed by atoms with Gasteiger partial charge in [0.1, 0.15) is 11.4 Å². The van der Waals surface area contributed by atoms with Crippen LogP contribution in [0.5, 0.6) is 0 Å². The summed E-state index contributed by atoms with van der Waals surface area (Å²) in [4.78, 5) is 1.25. The lowest BCUT2D eigenvalue weighted by atomic mass is 10.1. The second-order valence-electron chi connectivity index (χ2n) is 4.20. The van der Waals surface area contributed by atoms with E-state index >= 15 is 0 Å². The maximum Gasteiger partial charge on any atom is 0.673 e. The summed E-state index contributed by atoms with van der Waals surface area (Å²) in [5, 5.41) is 0. The molecule has 0 spiro atoms. The van der Waals surface area contributed by atoms with Crippen molar-refractivity contribution in [3.05, 3.63) is 61.3 Å². The average Bonchev–Trinajstić information content (AvgIpc) is 2.71. The summed E-state index contributed by atoms with van der Waals surface area (Å²) in [5.74, 6) is 0. The fraction of sp³-hybridized carbons (Fsp3) is 0. The molecule has 0 bridgehead atoms. The number of quaternary nitrogens is 1. The van der Waals surface area contributed by atoms with Gasteiger partial charge in [0.15, 0.2) is 0 Å². The van der Waals surface area contributed by atoms with Gasteiger partial charge >= 0.3 is 7.25 Å². The molecule has 1 aliphatic rings. The van der Waals surface area contributed by atoms with Crippen molar-refractivity contribution >= 4 is 18.6 Å². The SMILES string of the molecule is C=C[NH+]1c2ccccc2-c2ccccc21.F[B-](F)(F)F. The van der Waals surface area contributed by atoms with Gasteiger partial charge in [-0.05, 0) is 18.7 Å². The Morgan fingerprint density at radius 2 is 1.15 bits per heavy atom. The summed E-state index contributed by atoms with van der Waals surface area (Å²) in [6.07, 6.45) is 1.95. The lowest BCUT2D eigenvalue weighted by molar-refractivity contribution is -0.692. The minimum absolute atomic E-state index is 1.25. The number of hydrogen-bond donors (Lipinski definition) is 1. The van der Waals surface area contributed by atoms with Crippen LogP contribution in [0.3, 0.4) is 0 Å². The maximum absolute atomic E-state index is 9.75. The van der Waals surface area contributed by atoms with Gasteiger partial charge in [0.25, 0.3) is 0 Å². The highest BCUT2D eigenvalue weighted by atomic mass is 19.5. The van der Waals surface area contributed by atoms with Gasteiger partial charge in [-0.2, -0.15) is 0 Å². The van der Waals surface area contributed by atoms with E-state index in [0.717, 1.165) is 0 Å². The number of para-hydroxylation sites is 2. The lowest BCUT2D eigenvalue weighted by Crippen LogP contribution is -2.95. The first-order chi connectivity index (χ1) is 9.42. The molecule has 20 heavy (non-hydrogen) atoms. The van der Waals surface area contributed by atoms with Crippen LogP contribution in [-0.2, 0) is 0 Å². The minimum atomic E-state index is -6.00. The molecule has 104 valence electrons. The summed E-state index contributed by atoms with van der Waals surface area (Å²) >= 11 is 0. The molecular formula is C14H12BF4N. The minimum Gasteiger partial charge on any atom is -0.418 e. The van der Waals surface area contributed by atoms with Crippen molar-refractivity contribution in [2.75, 3.05) is 0 Å². The second-order valence-corrected chi connectivity index (χ2v) is 4.20. The van der Waals surface area contributed by atoms with E-state index in [1.807, 2.05) is 6.20 Å². The van der Waals surface area contributed by atoms with E-state index in [4.69, 9.17) is 0 Å². The molecule has 1 N–H and O–H groups in total. The van der Waals surface area contributed by atoms with Gasteiger partial charge in [-0.3, -0.25) is 0 Å². The predicted octanol–water partition coefficient (Wildman–Crippen LogP) is 3.96. The topological polar surface area (TPSA) is 4.44 Å².